The average molecular weight is 358 g/mol. The first kappa shape index (κ1) is 16.6. The van der Waals surface area contributed by atoms with Crippen molar-refractivity contribution in [2.75, 3.05) is 18.1 Å². The summed E-state index contributed by atoms with van der Waals surface area (Å²) < 4.78 is 29.2. The van der Waals surface area contributed by atoms with E-state index in [0.29, 0.717) is 30.2 Å². The van der Waals surface area contributed by atoms with Gasteiger partial charge in [0.05, 0.1) is 11.5 Å². The van der Waals surface area contributed by atoms with E-state index in [1.807, 2.05) is 13.0 Å². The highest BCUT2D eigenvalue weighted by atomic mass is 35.5. The fraction of sp³-hybridized carbons (Fsp3) is 0.562. The number of sulfone groups is 1. The summed E-state index contributed by atoms with van der Waals surface area (Å²) in [6.07, 6.45) is 1.19. The normalized spacial score (nSPS) is 25.0. The van der Waals surface area contributed by atoms with Crippen LogP contribution in [0.3, 0.4) is 0 Å². The quantitative estimate of drug-likeness (QED) is 0.827. The Morgan fingerprint density at radius 1 is 1.43 bits per heavy atom. The van der Waals surface area contributed by atoms with Crippen LogP contribution in [0.1, 0.15) is 25.3 Å². The van der Waals surface area contributed by atoms with Gasteiger partial charge < -0.3 is 9.64 Å². The van der Waals surface area contributed by atoms with Crippen molar-refractivity contribution in [2.24, 2.45) is 0 Å². The summed E-state index contributed by atoms with van der Waals surface area (Å²) in [4.78, 5) is 14.6. The van der Waals surface area contributed by atoms with Crippen LogP contribution in [-0.2, 0) is 21.1 Å². The van der Waals surface area contributed by atoms with Gasteiger partial charge in [0.1, 0.15) is 5.75 Å². The van der Waals surface area contributed by atoms with Gasteiger partial charge >= 0.3 is 0 Å². The number of rotatable bonds is 4. The Bertz CT molecular complexity index is 719. The lowest BCUT2D eigenvalue weighted by molar-refractivity contribution is -0.139. The van der Waals surface area contributed by atoms with Crippen LogP contribution < -0.4 is 4.74 Å². The third-order valence-electron chi connectivity index (χ3n) is 4.37. The van der Waals surface area contributed by atoms with Gasteiger partial charge in [-0.05, 0) is 36.6 Å². The Morgan fingerprint density at radius 3 is 2.87 bits per heavy atom. The van der Waals surface area contributed by atoms with Crippen molar-refractivity contribution < 1.29 is 17.9 Å². The fourth-order valence-electron chi connectivity index (χ4n) is 3.27. The molecule has 2 aliphatic rings. The molecule has 0 aromatic heterocycles. The summed E-state index contributed by atoms with van der Waals surface area (Å²) in [5.74, 6) is 0.779. The van der Waals surface area contributed by atoms with E-state index in [1.54, 1.807) is 17.0 Å². The number of benzene rings is 1. The van der Waals surface area contributed by atoms with E-state index in [4.69, 9.17) is 16.3 Å². The second-order valence-electron chi connectivity index (χ2n) is 6.15. The molecule has 0 bridgehead atoms. The molecule has 5 nitrogen and oxygen atoms in total. The van der Waals surface area contributed by atoms with E-state index in [1.165, 1.54) is 0 Å². The minimum Gasteiger partial charge on any atom is -0.480 e. The topological polar surface area (TPSA) is 63.7 Å². The van der Waals surface area contributed by atoms with E-state index < -0.39 is 15.9 Å². The van der Waals surface area contributed by atoms with Crippen LogP contribution >= 0.6 is 11.6 Å². The molecule has 1 fully saturated rings. The number of ether oxygens (including phenoxy) is 1. The van der Waals surface area contributed by atoms with Crippen molar-refractivity contribution in [1.82, 2.24) is 4.90 Å². The highest BCUT2D eigenvalue weighted by Crippen LogP contribution is 2.32. The van der Waals surface area contributed by atoms with Gasteiger partial charge in [-0.2, -0.15) is 0 Å². The zero-order valence-electron chi connectivity index (χ0n) is 13.0. The predicted octanol–water partition coefficient (Wildman–Crippen LogP) is 2.07. The van der Waals surface area contributed by atoms with Crippen molar-refractivity contribution in [3.63, 3.8) is 0 Å². The summed E-state index contributed by atoms with van der Waals surface area (Å²) >= 11 is 5.98. The molecule has 1 aromatic carbocycles. The number of hydrogen-bond donors (Lipinski definition) is 0. The highest BCUT2D eigenvalue weighted by Gasteiger charge is 2.39. The summed E-state index contributed by atoms with van der Waals surface area (Å²) in [6.45, 7) is 2.53. The second-order valence-corrected chi connectivity index (χ2v) is 8.82. The van der Waals surface area contributed by atoms with Crippen molar-refractivity contribution in [3.05, 3.63) is 28.8 Å². The minimum atomic E-state index is -3.03. The molecule has 7 heteroatoms. The first-order valence-corrected chi connectivity index (χ1v) is 10.1. The van der Waals surface area contributed by atoms with Crippen molar-refractivity contribution >= 4 is 27.3 Å². The summed E-state index contributed by atoms with van der Waals surface area (Å²) in [5, 5.41) is 0.618. The SMILES string of the molecule is CCCN(C(=O)[C@@H]1Cc2cc(Cl)ccc2O1)[C@H]1CCS(=O)(=O)C1. The van der Waals surface area contributed by atoms with Crippen LogP contribution in [0.2, 0.25) is 5.02 Å². The molecule has 0 radical (unpaired) electrons. The standard InChI is InChI=1S/C16H20ClNO4S/c1-2-6-18(13-5-7-23(20,21)10-13)16(19)15-9-11-8-12(17)3-4-14(11)22-15/h3-4,8,13,15H,2,5-7,9-10H2,1H3/t13-,15-/m0/s1. The second kappa shape index (κ2) is 6.32. The average Bonchev–Trinajstić information content (AvgIpc) is 3.06. The van der Waals surface area contributed by atoms with Gasteiger partial charge in [-0.25, -0.2) is 8.42 Å². The van der Waals surface area contributed by atoms with Crippen LogP contribution in [0, 0.1) is 0 Å². The number of halogens is 1. The number of nitrogens with zero attached hydrogens (tertiary/aromatic N) is 1. The number of carbonyl (C=O) groups is 1. The van der Waals surface area contributed by atoms with E-state index in [9.17, 15) is 13.2 Å². The Kier molecular flexibility index (Phi) is 4.56. The largest absolute Gasteiger partial charge is 0.480 e. The molecular weight excluding hydrogens is 338 g/mol. The molecule has 23 heavy (non-hydrogen) atoms. The molecule has 0 saturated carbocycles. The van der Waals surface area contributed by atoms with Crippen LogP contribution in [0.4, 0.5) is 0 Å². The van der Waals surface area contributed by atoms with Crippen LogP contribution in [0.5, 0.6) is 5.75 Å². The molecule has 0 unspecified atom stereocenters. The van der Waals surface area contributed by atoms with Crippen LogP contribution in [-0.4, -0.2) is 49.4 Å². The zero-order chi connectivity index (χ0) is 16.6. The summed E-state index contributed by atoms with van der Waals surface area (Å²) in [7, 11) is -3.03. The Balaban J connectivity index is 1.75. The molecule has 2 aliphatic heterocycles. The Morgan fingerprint density at radius 2 is 2.22 bits per heavy atom. The van der Waals surface area contributed by atoms with Gasteiger partial charge in [-0.3, -0.25) is 4.79 Å². The van der Waals surface area contributed by atoms with Crippen molar-refractivity contribution in [1.29, 1.82) is 0 Å². The summed E-state index contributed by atoms with van der Waals surface area (Å²) in [5.41, 5.74) is 0.923. The lowest BCUT2D eigenvalue weighted by atomic mass is 10.1. The smallest absolute Gasteiger partial charge is 0.264 e. The maximum Gasteiger partial charge on any atom is 0.264 e. The Hall–Kier alpha value is -1.27. The molecule has 2 atom stereocenters. The van der Waals surface area contributed by atoms with E-state index in [2.05, 4.69) is 0 Å². The predicted molar refractivity (Wildman–Crippen MR) is 88.6 cm³/mol. The third kappa shape index (κ3) is 3.48. The van der Waals surface area contributed by atoms with Gasteiger partial charge in [0.15, 0.2) is 15.9 Å². The highest BCUT2D eigenvalue weighted by molar-refractivity contribution is 7.91. The van der Waals surface area contributed by atoms with E-state index >= 15 is 0 Å². The van der Waals surface area contributed by atoms with Gasteiger partial charge in [0.2, 0.25) is 0 Å². The molecule has 0 spiro atoms. The van der Waals surface area contributed by atoms with Gasteiger partial charge in [0, 0.05) is 24.0 Å². The fourth-order valence-corrected chi connectivity index (χ4v) is 5.20. The maximum absolute atomic E-state index is 12.9. The van der Waals surface area contributed by atoms with Gasteiger partial charge in [0.25, 0.3) is 5.91 Å². The third-order valence-corrected chi connectivity index (χ3v) is 6.35. The van der Waals surface area contributed by atoms with Crippen LogP contribution in [0.15, 0.2) is 18.2 Å². The van der Waals surface area contributed by atoms with Crippen molar-refractivity contribution in [2.45, 2.75) is 38.3 Å². The minimum absolute atomic E-state index is 0.0598. The van der Waals surface area contributed by atoms with Gasteiger partial charge in [-0.1, -0.05) is 18.5 Å². The molecule has 2 heterocycles. The first-order chi connectivity index (χ1) is 10.9. The van der Waals surface area contributed by atoms with E-state index in [0.717, 1.165) is 12.0 Å². The first-order valence-electron chi connectivity index (χ1n) is 7.85. The number of carbonyl (C=O) groups excluding carboxylic acids is 1. The molecule has 1 saturated heterocycles. The maximum atomic E-state index is 12.9. The molecule has 1 aromatic rings. The molecule has 3 rings (SSSR count). The molecule has 1 amide bonds. The number of hydrogen-bond acceptors (Lipinski definition) is 4. The molecular formula is C16H20ClNO4S. The lowest BCUT2D eigenvalue weighted by Gasteiger charge is -2.30. The molecule has 0 N–H and O–H groups in total. The summed E-state index contributed by atoms with van der Waals surface area (Å²) in [6, 6.07) is 5.09. The molecule has 0 aliphatic carbocycles. The molecule has 126 valence electrons. The number of amides is 1. The Labute approximate surface area is 141 Å². The number of fused-ring (bicyclic) bond motifs is 1. The van der Waals surface area contributed by atoms with E-state index in [-0.39, 0.29) is 23.5 Å². The van der Waals surface area contributed by atoms with Gasteiger partial charge in [-0.15, -0.1) is 0 Å². The zero-order valence-corrected chi connectivity index (χ0v) is 14.6. The van der Waals surface area contributed by atoms with Crippen molar-refractivity contribution in [3.8, 4) is 5.75 Å². The van der Waals surface area contributed by atoms with Crippen LogP contribution in [0.25, 0.3) is 0 Å². The monoisotopic (exact) mass is 357 g/mol. The lowest BCUT2D eigenvalue weighted by Crippen LogP contribution is -2.48.